The fourth-order valence-corrected chi connectivity index (χ4v) is 2.90. The van der Waals surface area contributed by atoms with Crippen LogP contribution in [0, 0.1) is 0 Å². The van der Waals surface area contributed by atoms with Gasteiger partial charge in [-0.15, -0.1) is 0 Å². The van der Waals surface area contributed by atoms with Crippen molar-refractivity contribution in [1.82, 2.24) is 10.2 Å². The van der Waals surface area contributed by atoms with Crippen molar-refractivity contribution in [2.75, 3.05) is 19.7 Å². The van der Waals surface area contributed by atoms with E-state index in [1.807, 2.05) is 25.7 Å². The van der Waals surface area contributed by atoms with Crippen LogP contribution in [0.1, 0.15) is 47.0 Å². The van der Waals surface area contributed by atoms with Gasteiger partial charge >= 0.3 is 6.09 Å². The molecule has 2 heterocycles. The first kappa shape index (κ1) is 15.6. The molecule has 0 aromatic rings. The first-order valence-electron chi connectivity index (χ1n) is 7.71. The Kier molecular flexibility index (Phi) is 4.91. The minimum atomic E-state index is -0.425. The summed E-state index contributed by atoms with van der Waals surface area (Å²) in [4.78, 5) is 14.1. The summed E-state index contributed by atoms with van der Waals surface area (Å²) in [5.74, 6) is 0. The van der Waals surface area contributed by atoms with Crippen LogP contribution in [-0.4, -0.2) is 54.5 Å². The number of ether oxygens (including phenoxy) is 2. The maximum Gasteiger partial charge on any atom is 0.410 e. The van der Waals surface area contributed by atoms with Crippen LogP contribution in [0.15, 0.2) is 0 Å². The maximum absolute atomic E-state index is 12.2. The molecule has 0 aliphatic carbocycles. The van der Waals surface area contributed by atoms with Gasteiger partial charge in [-0.05, 0) is 47.0 Å². The van der Waals surface area contributed by atoms with Gasteiger partial charge in [0.15, 0.2) is 0 Å². The summed E-state index contributed by atoms with van der Waals surface area (Å²) in [6.07, 6.45) is 3.25. The molecule has 2 aliphatic rings. The molecule has 0 saturated carbocycles. The summed E-state index contributed by atoms with van der Waals surface area (Å²) < 4.78 is 11.0. The average Bonchev–Trinajstić information content (AvgIpc) is 2.92. The number of hydrogen-bond donors (Lipinski definition) is 1. The van der Waals surface area contributed by atoms with Crippen LogP contribution in [0.3, 0.4) is 0 Å². The molecule has 0 aromatic carbocycles. The van der Waals surface area contributed by atoms with Crippen molar-refractivity contribution in [3.8, 4) is 0 Å². The van der Waals surface area contributed by atoms with Gasteiger partial charge in [0, 0.05) is 31.8 Å². The summed E-state index contributed by atoms with van der Waals surface area (Å²) in [6, 6.07) is 0.661. The van der Waals surface area contributed by atoms with E-state index in [0.717, 1.165) is 39.0 Å². The minimum absolute atomic E-state index is 0.183. The fourth-order valence-electron chi connectivity index (χ4n) is 2.90. The Bertz CT molecular complexity index is 341. The molecular formula is C15H28N2O3. The summed E-state index contributed by atoms with van der Waals surface area (Å²) in [5, 5.41) is 3.55. The van der Waals surface area contributed by atoms with E-state index in [1.165, 1.54) is 0 Å². The molecule has 1 N–H and O–H groups in total. The van der Waals surface area contributed by atoms with Gasteiger partial charge in [-0.2, -0.15) is 0 Å². The lowest BCUT2D eigenvalue weighted by molar-refractivity contribution is 0.0223. The largest absolute Gasteiger partial charge is 0.444 e. The third-order valence-electron chi connectivity index (χ3n) is 4.00. The van der Waals surface area contributed by atoms with Crippen LogP contribution >= 0.6 is 0 Å². The van der Waals surface area contributed by atoms with Crippen molar-refractivity contribution >= 4 is 6.09 Å². The Morgan fingerprint density at radius 2 is 2.15 bits per heavy atom. The Hall–Kier alpha value is -0.810. The van der Waals surface area contributed by atoms with Crippen LogP contribution in [-0.2, 0) is 9.47 Å². The second kappa shape index (κ2) is 6.31. The van der Waals surface area contributed by atoms with E-state index in [9.17, 15) is 4.79 Å². The number of amides is 1. The minimum Gasteiger partial charge on any atom is -0.444 e. The Morgan fingerprint density at radius 3 is 2.75 bits per heavy atom. The molecule has 3 unspecified atom stereocenters. The zero-order chi connectivity index (χ0) is 14.8. The third-order valence-corrected chi connectivity index (χ3v) is 4.00. The average molecular weight is 284 g/mol. The second-order valence-electron chi connectivity index (χ2n) is 6.85. The number of nitrogens with one attached hydrogen (secondary N) is 1. The molecule has 0 spiro atoms. The highest BCUT2D eigenvalue weighted by Gasteiger charge is 2.33. The lowest BCUT2D eigenvalue weighted by Crippen LogP contribution is -2.47. The van der Waals surface area contributed by atoms with E-state index < -0.39 is 5.60 Å². The maximum atomic E-state index is 12.2. The second-order valence-corrected chi connectivity index (χ2v) is 6.85. The molecule has 20 heavy (non-hydrogen) atoms. The first-order chi connectivity index (χ1) is 9.37. The number of carbonyl (C=O) groups excluding carboxylic acids is 1. The van der Waals surface area contributed by atoms with Gasteiger partial charge in [-0.25, -0.2) is 4.79 Å². The molecule has 0 radical (unpaired) electrons. The molecule has 116 valence electrons. The van der Waals surface area contributed by atoms with Crippen LogP contribution in [0.4, 0.5) is 4.79 Å². The molecule has 3 atom stereocenters. The molecule has 5 nitrogen and oxygen atoms in total. The van der Waals surface area contributed by atoms with Gasteiger partial charge < -0.3 is 19.7 Å². The summed E-state index contributed by atoms with van der Waals surface area (Å²) in [5.41, 5.74) is -0.425. The predicted molar refractivity (Wildman–Crippen MR) is 77.8 cm³/mol. The van der Waals surface area contributed by atoms with E-state index in [4.69, 9.17) is 9.47 Å². The van der Waals surface area contributed by atoms with E-state index in [2.05, 4.69) is 12.2 Å². The predicted octanol–water partition coefficient (Wildman–Crippen LogP) is 2.15. The van der Waals surface area contributed by atoms with Gasteiger partial charge in [0.25, 0.3) is 0 Å². The van der Waals surface area contributed by atoms with Crippen LogP contribution in [0.5, 0.6) is 0 Å². The van der Waals surface area contributed by atoms with Gasteiger partial charge in [-0.1, -0.05) is 0 Å². The highest BCUT2D eigenvalue weighted by molar-refractivity contribution is 5.69. The normalized spacial score (nSPS) is 30.8. The molecule has 2 fully saturated rings. The summed E-state index contributed by atoms with van der Waals surface area (Å²) in [6.45, 7) is 10.3. The quantitative estimate of drug-likeness (QED) is 0.863. The van der Waals surface area contributed by atoms with Crippen molar-refractivity contribution in [2.45, 2.75) is 70.7 Å². The van der Waals surface area contributed by atoms with Crippen molar-refractivity contribution in [1.29, 1.82) is 0 Å². The third kappa shape index (κ3) is 4.09. The Labute approximate surface area is 122 Å². The topological polar surface area (TPSA) is 50.8 Å². The van der Waals surface area contributed by atoms with Crippen molar-refractivity contribution < 1.29 is 14.3 Å². The lowest BCUT2D eigenvalue weighted by Gasteiger charge is -2.29. The highest BCUT2D eigenvalue weighted by atomic mass is 16.6. The van der Waals surface area contributed by atoms with Gasteiger partial charge in [0.2, 0.25) is 0 Å². The molecule has 5 heteroatoms. The Morgan fingerprint density at radius 1 is 1.40 bits per heavy atom. The van der Waals surface area contributed by atoms with E-state index in [1.54, 1.807) is 0 Å². The molecule has 1 amide bonds. The number of rotatable bonds is 3. The van der Waals surface area contributed by atoms with Crippen molar-refractivity contribution in [3.63, 3.8) is 0 Å². The number of likely N-dealkylation sites (tertiary alicyclic amines) is 1. The van der Waals surface area contributed by atoms with E-state index >= 15 is 0 Å². The highest BCUT2D eigenvalue weighted by Crippen LogP contribution is 2.21. The van der Waals surface area contributed by atoms with E-state index in [0.29, 0.717) is 6.04 Å². The van der Waals surface area contributed by atoms with Crippen LogP contribution in [0.25, 0.3) is 0 Å². The summed E-state index contributed by atoms with van der Waals surface area (Å²) in [7, 11) is 0. The van der Waals surface area contributed by atoms with Crippen molar-refractivity contribution in [2.24, 2.45) is 0 Å². The lowest BCUT2D eigenvalue weighted by atomic mass is 10.1. The standard InChI is InChI=1S/C15H28N2O3/c1-11-13(7-9-19-11)16-10-12-6-5-8-17(12)14(18)20-15(2,3)4/h11-13,16H,5-10H2,1-4H3. The monoisotopic (exact) mass is 284 g/mol. The zero-order valence-electron chi connectivity index (χ0n) is 13.1. The molecule has 0 aromatic heterocycles. The number of nitrogens with zero attached hydrogens (tertiary/aromatic N) is 1. The molecule has 2 saturated heterocycles. The van der Waals surface area contributed by atoms with Gasteiger partial charge in [0.05, 0.1) is 6.10 Å². The summed E-state index contributed by atoms with van der Waals surface area (Å²) >= 11 is 0. The SMILES string of the molecule is CC1OCCC1NCC1CCCN1C(=O)OC(C)(C)C. The molecule has 0 bridgehead atoms. The van der Waals surface area contributed by atoms with Crippen LogP contribution < -0.4 is 5.32 Å². The number of hydrogen-bond acceptors (Lipinski definition) is 4. The van der Waals surface area contributed by atoms with Crippen LogP contribution in [0.2, 0.25) is 0 Å². The molecular weight excluding hydrogens is 256 g/mol. The van der Waals surface area contributed by atoms with Crippen molar-refractivity contribution in [3.05, 3.63) is 0 Å². The molecule has 2 rings (SSSR count). The fraction of sp³-hybridized carbons (Fsp3) is 0.933. The van der Waals surface area contributed by atoms with E-state index in [-0.39, 0.29) is 18.2 Å². The smallest absolute Gasteiger partial charge is 0.410 e. The first-order valence-corrected chi connectivity index (χ1v) is 7.71. The number of carbonyl (C=O) groups is 1. The molecule has 2 aliphatic heterocycles. The van der Waals surface area contributed by atoms with Gasteiger partial charge in [0.1, 0.15) is 5.60 Å². The Balaban J connectivity index is 1.82. The van der Waals surface area contributed by atoms with Gasteiger partial charge in [-0.3, -0.25) is 0 Å². The zero-order valence-corrected chi connectivity index (χ0v) is 13.1.